The van der Waals surface area contributed by atoms with Crippen LogP contribution in [0.3, 0.4) is 0 Å². The van der Waals surface area contributed by atoms with Crippen molar-refractivity contribution in [1.82, 2.24) is 0 Å². The van der Waals surface area contributed by atoms with Crippen molar-refractivity contribution in [2.75, 3.05) is 13.7 Å². The minimum absolute atomic E-state index is 0.233. The van der Waals surface area contributed by atoms with Gasteiger partial charge in [-0.15, -0.1) is 0 Å². The van der Waals surface area contributed by atoms with Crippen LogP contribution < -0.4 is 0 Å². The standard InChI is InChI=1S/C28H31N3O5/c1-32-28-27(35-19-23-15-9-4-10-16-23)25(30-31-29)26(34-18-22-13-7-3-8-14-22)24(36-28)20-33-17-21-11-5-2-6-12-21/h2-16,24-28H,17-20H2,1H3/t24-,25+,26-,27-,28+/m1/s1. The van der Waals surface area contributed by atoms with Gasteiger partial charge in [0.05, 0.1) is 38.6 Å². The Kier molecular flexibility index (Phi) is 9.87. The van der Waals surface area contributed by atoms with Gasteiger partial charge in [-0.05, 0) is 22.2 Å². The molecule has 8 heteroatoms. The van der Waals surface area contributed by atoms with Gasteiger partial charge in [0.2, 0.25) is 0 Å². The fourth-order valence-electron chi connectivity index (χ4n) is 4.19. The molecular formula is C28H31N3O5. The molecule has 1 saturated heterocycles. The first-order valence-electron chi connectivity index (χ1n) is 11.9. The molecule has 3 aromatic carbocycles. The summed E-state index contributed by atoms with van der Waals surface area (Å²) in [6, 6.07) is 28.8. The zero-order chi connectivity index (χ0) is 25.0. The normalized spacial score (nSPS) is 23.6. The van der Waals surface area contributed by atoms with E-state index in [0.29, 0.717) is 19.8 Å². The summed E-state index contributed by atoms with van der Waals surface area (Å²) in [5.41, 5.74) is 12.5. The van der Waals surface area contributed by atoms with E-state index in [9.17, 15) is 5.53 Å². The zero-order valence-electron chi connectivity index (χ0n) is 20.3. The molecule has 4 rings (SSSR count). The number of hydrogen-bond acceptors (Lipinski definition) is 6. The molecule has 0 spiro atoms. The highest BCUT2D eigenvalue weighted by Crippen LogP contribution is 2.30. The number of azide groups is 1. The lowest BCUT2D eigenvalue weighted by atomic mass is 9.96. The molecule has 0 unspecified atom stereocenters. The van der Waals surface area contributed by atoms with Crippen LogP contribution in [0.5, 0.6) is 0 Å². The van der Waals surface area contributed by atoms with E-state index in [-0.39, 0.29) is 6.61 Å². The van der Waals surface area contributed by atoms with E-state index in [1.54, 1.807) is 7.11 Å². The van der Waals surface area contributed by atoms with E-state index in [1.165, 1.54) is 0 Å². The smallest absolute Gasteiger partial charge is 0.184 e. The molecule has 0 aliphatic carbocycles. The van der Waals surface area contributed by atoms with Crippen LogP contribution in [-0.4, -0.2) is 44.4 Å². The van der Waals surface area contributed by atoms with E-state index < -0.39 is 30.6 Å². The molecule has 1 aliphatic heterocycles. The van der Waals surface area contributed by atoms with Gasteiger partial charge in [0, 0.05) is 12.0 Å². The quantitative estimate of drug-likeness (QED) is 0.192. The molecule has 0 bridgehead atoms. The maximum absolute atomic E-state index is 9.43. The number of ether oxygens (including phenoxy) is 5. The monoisotopic (exact) mass is 489 g/mol. The van der Waals surface area contributed by atoms with Gasteiger partial charge in [-0.2, -0.15) is 0 Å². The summed E-state index contributed by atoms with van der Waals surface area (Å²) in [6.07, 6.45) is -2.57. The molecule has 188 valence electrons. The predicted octanol–water partition coefficient (Wildman–Crippen LogP) is 5.42. The Morgan fingerprint density at radius 3 is 1.75 bits per heavy atom. The van der Waals surface area contributed by atoms with Crippen LogP contribution >= 0.6 is 0 Å². The van der Waals surface area contributed by atoms with Gasteiger partial charge in [0.15, 0.2) is 6.29 Å². The van der Waals surface area contributed by atoms with E-state index >= 15 is 0 Å². The summed E-state index contributed by atoms with van der Waals surface area (Å²) >= 11 is 0. The topological polar surface area (TPSA) is 94.9 Å². The fourth-order valence-corrected chi connectivity index (χ4v) is 4.19. The predicted molar refractivity (Wildman–Crippen MR) is 135 cm³/mol. The van der Waals surface area contributed by atoms with Gasteiger partial charge < -0.3 is 23.7 Å². The van der Waals surface area contributed by atoms with E-state index in [0.717, 1.165) is 16.7 Å². The molecule has 0 aromatic heterocycles. The first-order valence-corrected chi connectivity index (χ1v) is 11.9. The van der Waals surface area contributed by atoms with Crippen LogP contribution in [0.4, 0.5) is 0 Å². The fraction of sp³-hybridized carbons (Fsp3) is 0.357. The van der Waals surface area contributed by atoms with Crippen LogP contribution in [0.15, 0.2) is 96.1 Å². The summed E-state index contributed by atoms with van der Waals surface area (Å²) in [7, 11) is 1.55. The van der Waals surface area contributed by atoms with Crippen molar-refractivity contribution >= 4 is 0 Å². The molecule has 1 heterocycles. The third-order valence-corrected chi connectivity index (χ3v) is 6.00. The average molecular weight is 490 g/mol. The van der Waals surface area contributed by atoms with E-state index in [4.69, 9.17) is 23.7 Å². The molecule has 3 aromatic rings. The van der Waals surface area contributed by atoms with Gasteiger partial charge >= 0.3 is 0 Å². The number of nitrogens with zero attached hydrogens (tertiary/aromatic N) is 3. The first kappa shape index (κ1) is 25.9. The first-order chi connectivity index (χ1) is 17.8. The maximum atomic E-state index is 9.43. The van der Waals surface area contributed by atoms with Gasteiger partial charge in [0.25, 0.3) is 0 Å². The van der Waals surface area contributed by atoms with Crippen molar-refractivity contribution in [3.63, 3.8) is 0 Å². The molecule has 0 amide bonds. The zero-order valence-corrected chi connectivity index (χ0v) is 20.3. The lowest BCUT2D eigenvalue weighted by molar-refractivity contribution is -0.289. The Morgan fingerprint density at radius 1 is 0.750 bits per heavy atom. The van der Waals surface area contributed by atoms with Crippen molar-refractivity contribution in [1.29, 1.82) is 0 Å². The maximum Gasteiger partial charge on any atom is 0.184 e. The van der Waals surface area contributed by atoms with Crippen LogP contribution in [0.2, 0.25) is 0 Å². The lowest BCUT2D eigenvalue weighted by Crippen LogP contribution is -2.60. The third-order valence-electron chi connectivity index (χ3n) is 6.00. The van der Waals surface area contributed by atoms with Gasteiger partial charge in [-0.1, -0.05) is 96.1 Å². The SMILES string of the molecule is CO[C@H]1O[C@H](COCc2ccccc2)[C@@H](OCc2ccccc2)[C@H](N=[N+]=[N-])[C@H]1OCc1ccccc1. The van der Waals surface area contributed by atoms with Crippen molar-refractivity contribution in [2.45, 2.75) is 50.5 Å². The number of benzene rings is 3. The molecule has 0 radical (unpaired) electrons. The summed E-state index contributed by atoms with van der Waals surface area (Å²) in [5, 5.41) is 4.10. The number of hydrogen-bond donors (Lipinski definition) is 0. The van der Waals surface area contributed by atoms with Crippen LogP contribution in [-0.2, 0) is 43.5 Å². The Balaban J connectivity index is 1.52. The number of methoxy groups -OCH3 is 1. The Morgan fingerprint density at radius 2 is 1.25 bits per heavy atom. The second-order valence-electron chi connectivity index (χ2n) is 8.50. The van der Waals surface area contributed by atoms with Gasteiger partial charge in [0.1, 0.15) is 12.2 Å². The molecular weight excluding hydrogens is 458 g/mol. The Labute approximate surface area is 211 Å². The van der Waals surface area contributed by atoms with Crippen molar-refractivity contribution in [3.05, 3.63) is 118 Å². The molecule has 8 nitrogen and oxygen atoms in total. The highest BCUT2D eigenvalue weighted by atomic mass is 16.7. The molecule has 36 heavy (non-hydrogen) atoms. The van der Waals surface area contributed by atoms with Gasteiger partial charge in [-0.3, -0.25) is 0 Å². The van der Waals surface area contributed by atoms with Crippen LogP contribution in [0.1, 0.15) is 16.7 Å². The third kappa shape index (κ3) is 7.15. The minimum Gasteiger partial charge on any atom is -0.374 e. The summed E-state index contributed by atoms with van der Waals surface area (Å²) < 4.78 is 30.4. The van der Waals surface area contributed by atoms with Crippen molar-refractivity contribution in [2.24, 2.45) is 5.11 Å². The molecule has 0 N–H and O–H groups in total. The summed E-state index contributed by atoms with van der Waals surface area (Å²) in [4.78, 5) is 3.11. The van der Waals surface area contributed by atoms with E-state index in [1.807, 2.05) is 91.0 Å². The molecule has 1 aliphatic rings. The van der Waals surface area contributed by atoms with Crippen molar-refractivity contribution < 1.29 is 23.7 Å². The van der Waals surface area contributed by atoms with Gasteiger partial charge in [-0.25, -0.2) is 0 Å². The average Bonchev–Trinajstić information content (AvgIpc) is 2.93. The highest BCUT2D eigenvalue weighted by Gasteiger charge is 2.47. The second-order valence-corrected chi connectivity index (χ2v) is 8.50. The van der Waals surface area contributed by atoms with Crippen molar-refractivity contribution in [3.8, 4) is 0 Å². The van der Waals surface area contributed by atoms with E-state index in [2.05, 4.69) is 10.0 Å². The molecule has 0 saturated carbocycles. The van der Waals surface area contributed by atoms with Crippen LogP contribution in [0.25, 0.3) is 10.4 Å². The summed E-state index contributed by atoms with van der Waals surface area (Å²) in [5.74, 6) is 0. The molecule has 1 fully saturated rings. The largest absolute Gasteiger partial charge is 0.374 e. The number of rotatable bonds is 12. The van der Waals surface area contributed by atoms with Crippen LogP contribution in [0, 0.1) is 0 Å². The Bertz CT molecular complexity index is 1080. The summed E-state index contributed by atoms with van der Waals surface area (Å²) in [6.45, 7) is 1.29. The minimum atomic E-state index is -0.758. The Hall–Kier alpha value is -3.23. The molecule has 5 atom stereocenters. The second kappa shape index (κ2) is 13.8. The lowest BCUT2D eigenvalue weighted by Gasteiger charge is -2.44. The highest BCUT2D eigenvalue weighted by molar-refractivity contribution is 5.15.